The van der Waals surface area contributed by atoms with Crippen molar-refractivity contribution in [3.8, 4) is 11.5 Å². The summed E-state index contributed by atoms with van der Waals surface area (Å²) in [5.74, 6) is 0.238. The van der Waals surface area contributed by atoms with Gasteiger partial charge in [0.05, 0.1) is 32.4 Å². The number of rotatable bonds is 7. The lowest BCUT2D eigenvalue weighted by Gasteiger charge is -2.21. The van der Waals surface area contributed by atoms with Crippen LogP contribution in [0.2, 0.25) is 5.02 Å². The van der Waals surface area contributed by atoms with Crippen molar-refractivity contribution in [2.24, 2.45) is 5.92 Å². The maximum Gasteiger partial charge on any atom is 0.253 e. The van der Waals surface area contributed by atoms with Gasteiger partial charge in [-0.3, -0.25) is 14.6 Å². The Morgan fingerprint density at radius 1 is 1.06 bits per heavy atom. The van der Waals surface area contributed by atoms with Crippen LogP contribution in [0, 0.1) is 5.92 Å². The number of hydrogen-bond acceptors (Lipinski definition) is 5. The Kier molecular flexibility index (Phi) is 7.33. The van der Waals surface area contributed by atoms with Crippen LogP contribution in [0.4, 0.5) is 0 Å². The van der Waals surface area contributed by atoms with E-state index in [-0.39, 0.29) is 24.3 Å². The molecule has 3 aromatic rings. The number of halogens is 1. The fourth-order valence-corrected chi connectivity index (χ4v) is 4.48. The van der Waals surface area contributed by atoms with Crippen LogP contribution in [0.25, 0.3) is 0 Å². The number of carbonyl (C=O) groups is 2. The molecule has 7 nitrogen and oxygen atoms in total. The average Bonchev–Trinajstić information content (AvgIpc) is 3.32. The van der Waals surface area contributed by atoms with E-state index in [0.29, 0.717) is 35.2 Å². The molecule has 0 bridgehead atoms. The molecule has 1 fully saturated rings. The zero-order valence-electron chi connectivity index (χ0n) is 19.0. The molecule has 2 aromatic carbocycles. The SMILES string of the molecule is COc1ccc(C2CN(C(=O)c3cccc(Cl)c3)CC2C(=O)NCc2ccccn2)c(OC)c1. The van der Waals surface area contributed by atoms with Gasteiger partial charge < -0.3 is 19.7 Å². The predicted octanol–water partition coefficient (Wildman–Crippen LogP) is 3.92. The van der Waals surface area contributed by atoms with Gasteiger partial charge in [0.1, 0.15) is 11.5 Å². The number of benzene rings is 2. The summed E-state index contributed by atoms with van der Waals surface area (Å²) >= 11 is 6.10. The van der Waals surface area contributed by atoms with Gasteiger partial charge in [-0.25, -0.2) is 0 Å². The van der Waals surface area contributed by atoms with Gasteiger partial charge in [0.25, 0.3) is 5.91 Å². The lowest BCUT2D eigenvalue weighted by molar-refractivity contribution is -0.125. The van der Waals surface area contributed by atoms with Crippen LogP contribution >= 0.6 is 11.6 Å². The van der Waals surface area contributed by atoms with E-state index in [0.717, 1.165) is 11.3 Å². The van der Waals surface area contributed by atoms with Gasteiger partial charge in [0.2, 0.25) is 5.91 Å². The van der Waals surface area contributed by atoms with Gasteiger partial charge in [-0.05, 0) is 36.4 Å². The van der Waals surface area contributed by atoms with Crippen molar-refractivity contribution >= 4 is 23.4 Å². The average molecular weight is 480 g/mol. The van der Waals surface area contributed by atoms with Gasteiger partial charge in [0, 0.05) is 47.4 Å². The van der Waals surface area contributed by atoms with E-state index in [1.54, 1.807) is 55.6 Å². The molecule has 8 heteroatoms. The second-order valence-electron chi connectivity index (χ2n) is 8.08. The van der Waals surface area contributed by atoms with Crippen LogP contribution in [-0.2, 0) is 11.3 Å². The van der Waals surface area contributed by atoms with Gasteiger partial charge >= 0.3 is 0 Å². The first-order valence-corrected chi connectivity index (χ1v) is 11.3. The number of amides is 2. The second kappa shape index (κ2) is 10.6. The van der Waals surface area contributed by atoms with E-state index >= 15 is 0 Å². The molecule has 176 valence electrons. The minimum atomic E-state index is -0.464. The normalized spacial score (nSPS) is 17.3. The van der Waals surface area contributed by atoms with E-state index in [4.69, 9.17) is 21.1 Å². The molecule has 1 N–H and O–H groups in total. The fraction of sp³-hybridized carbons (Fsp3) is 0.269. The highest BCUT2D eigenvalue weighted by Gasteiger charge is 2.41. The largest absolute Gasteiger partial charge is 0.497 e. The van der Waals surface area contributed by atoms with E-state index < -0.39 is 5.92 Å². The van der Waals surface area contributed by atoms with E-state index in [1.807, 2.05) is 30.3 Å². The van der Waals surface area contributed by atoms with Crippen LogP contribution in [0.3, 0.4) is 0 Å². The molecule has 0 spiro atoms. The Hall–Kier alpha value is -3.58. The van der Waals surface area contributed by atoms with Crippen molar-refractivity contribution in [2.45, 2.75) is 12.5 Å². The molecular formula is C26H26ClN3O4. The van der Waals surface area contributed by atoms with Crippen molar-refractivity contribution in [2.75, 3.05) is 27.3 Å². The lowest BCUT2D eigenvalue weighted by Crippen LogP contribution is -2.35. The van der Waals surface area contributed by atoms with Crippen molar-refractivity contribution in [1.29, 1.82) is 0 Å². The maximum absolute atomic E-state index is 13.3. The first-order valence-electron chi connectivity index (χ1n) is 10.9. The number of methoxy groups -OCH3 is 2. The molecule has 34 heavy (non-hydrogen) atoms. The third-order valence-electron chi connectivity index (χ3n) is 6.03. The third-order valence-corrected chi connectivity index (χ3v) is 6.26. The molecule has 2 heterocycles. The molecule has 0 aliphatic carbocycles. The zero-order chi connectivity index (χ0) is 24.1. The smallest absolute Gasteiger partial charge is 0.253 e. The van der Waals surface area contributed by atoms with Gasteiger partial charge in [-0.15, -0.1) is 0 Å². The standard InChI is InChI=1S/C26H26ClN3O4/c1-33-20-9-10-21(24(13-20)34-2)22-15-30(26(32)17-6-5-7-18(27)12-17)16-23(22)25(31)29-14-19-8-3-4-11-28-19/h3-13,22-23H,14-16H2,1-2H3,(H,29,31). The Morgan fingerprint density at radius 2 is 1.91 bits per heavy atom. The highest BCUT2D eigenvalue weighted by atomic mass is 35.5. The highest BCUT2D eigenvalue weighted by molar-refractivity contribution is 6.30. The molecule has 2 unspecified atom stereocenters. The number of ether oxygens (including phenoxy) is 2. The molecule has 1 aliphatic rings. The number of aromatic nitrogens is 1. The molecule has 1 aliphatic heterocycles. The van der Waals surface area contributed by atoms with Crippen LogP contribution in [0.15, 0.2) is 66.9 Å². The summed E-state index contributed by atoms with van der Waals surface area (Å²) in [7, 11) is 3.17. The van der Waals surface area contributed by atoms with Crippen LogP contribution < -0.4 is 14.8 Å². The van der Waals surface area contributed by atoms with Crippen LogP contribution in [0.1, 0.15) is 27.5 Å². The van der Waals surface area contributed by atoms with Crippen LogP contribution in [-0.4, -0.2) is 49.0 Å². The van der Waals surface area contributed by atoms with Crippen molar-refractivity contribution < 1.29 is 19.1 Å². The lowest BCUT2D eigenvalue weighted by atomic mass is 9.87. The number of nitrogens with zero attached hydrogens (tertiary/aromatic N) is 2. The summed E-state index contributed by atoms with van der Waals surface area (Å²) in [6, 6.07) is 17.9. The van der Waals surface area contributed by atoms with E-state index in [9.17, 15) is 9.59 Å². The maximum atomic E-state index is 13.3. The monoisotopic (exact) mass is 479 g/mol. The minimum absolute atomic E-state index is 0.144. The molecule has 2 atom stereocenters. The summed E-state index contributed by atoms with van der Waals surface area (Å²) in [5.41, 5.74) is 2.10. The predicted molar refractivity (Wildman–Crippen MR) is 129 cm³/mol. The first-order chi connectivity index (χ1) is 16.5. The Labute approximate surface area is 203 Å². The van der Waals surface area contributed by atoms with E-state index in [2.05, 4.69) is 10.3 Å². The molecule has 2 amide bonds. The quantitative estimate of drug-likeness (QED) is 0.555. The summed E-state index contributed by atoms with van der Waals surface area (Å²) in [5, 5.41) is 3.47. The third kappa shape index (κ3) is 5.15. The van der Waals surface area contributed by atoms with Gasteiger partial charge in [-0.2, -0.15) is 0 Å². The van der Waals surface area contributed by atoms with Crippen molar-refractivity contribution in [1.82, 2.24) is 15.2 Å². The molecule has 0 radical (unpaired) electrons. The van der Waals surface area contributed by atoms with Gasteiger partial charge in [0.15, 0.2) is 0 Å². The van der Waals surface area contributed by atoms with E-state index in [1.165, 1.54) is 0 Å². The minimum Gasteiger partial charge on any atom is -0.497 e. The number of pyridine rings is 1. The van der Waals surface area contributed by atoms with Crippen LogP contribution in [0.5, 0.6) is 11.5 Å². The van der Waals surface area contributed by atoms with Crippen molar-refractivity contribution in [3.63, 3.8) is 0 Å². The van der Waals surface area contributed by atoms with Crippen molar-refractivity contribution in [3.05, 3.63) is 88.7 Å². The Morgan fingerprint density at radius 3 is 2.62 bits per heavy atom. The highest BCUT2D eigenvalue weighted by Crippen LogP contribution is 2.39. The fourth-order valence-electron chi connectivity index (χ4n) is 4.29. The number of carbonyl (C=O) groups excluding carboxylic acids is 2. The van der Waals surface area contributed by atoms with Gasteiger partial charge in [-0.1, -0.05) is 29.8 Å². The topological polar surface area (TPSA) is 80.8 Å². The Balaban J connectivity index is 1.61. The molecular weight excluding hydrogens is 454 g/mol. The molecule has 1 aromatic heterocycles. The zero-order valence-corrected chi connectivity index (χ0v) is 19.8. The molecule has 4 rings (SSSR count). The summed E-state index contributed by atoms with van der Waals surface area (Å²) in [4.78, 5) is 32.5. The summed E-state index contributed by atoms with van der Waals surface area (Å²) in [6.07, 6.45) is 1.69. The number of hydrogen-bond donors (Lipinski definition) is 1. The summed E-state index contributed by atoms with van der Waals surface area (Å²) in [6.45, 7) is 0.958. The molecule has 0 saturated carbocycles. The Bertz CT molecular complexity index is 1170. The number of nitrogens with one attached hydrogen (secondary N) is 1. The summed E-state index contributed by atoms with van der Waals surface area (Å²) < 4.78 is 10.9. The second-order valence-corrected chi connectivity index (χ2v) is 8.52. The first kappa shape index (κ1) is 23.6. The molecule has 1 saturated heterocycles. The number of likely N-dealkylation sites (tertiary alicyclic amines) is 1.